The van der Waals surface area contributed by atoms with Crippen LogP contribution in [0.4, 0.5) is 4.79 Å². The summed E-state index contributed by atoms with van der Waals surface area (Å²) in [4.78, 5) is 38.2. The van der Waals surface area contributed by atoms with Crippen molar-refractivity contribution < 1.29 is 28.8 Å². The molecule has 1 aromatic rings. The summed E-state index contributed by atoms with van der Waals surface area (Å²) in [6.07, 6.45) is 4.11. The van der Waals surface area contributed by atoms with E-state index in [1.54, 1.807) is 0 Å². The molecule has 1 saturated heterocycles. The van der Waals surface area contributed by atoms with E-state index in [4.69, 9.17) is 9.47 Å². The fourth-order valence-electron chi connectivity index (χ4n) is 4.12. The minimum Gasteiger partial charge on any atom is -0.454 e. The second kappa shape index (κ2) is 7.31. The Labute approximate surface area is 162 Å². The summed E-state index contributed by atoms with van der Waals surface area (Å²) in [5.41, 5.74) is 2.64. The largest absolute Gasteiger partial charge is 0.454 e. The Morgan fingerprint density at radius 3 is 2.75 bits per heavy atom. The zero-order chi connectivity index (χ0) is 19.7. The quantitative estimate of drug-likeness (QED) is 0.601. The van der Waals surface area contributed by atoms with Gasteiger partial charge in [-0.3, -0.25) is 15.0 Å². The minimum atomic E-state index is -0.839. The normalized spacial score (nSPS) is 21.0. The number of benzene rings is 1. The van der Waals surface area contributed by atoms with Gasteiger partial charge in [0.2, 0.25) is 6.79 Å². The summed E-state index contributed by atoms with van der Waals surface area (Å²) < 4.78 is 10.7. The van der Waals surface area contributed by atoms with E-state index in [1.807, 2.05) is 25.2 Å². The number of fused-ring (bicyclic) bond motifs is 1. The number of quaternary nitrogens is 1. The van der Waals surface area contributed by atoms with Crippen LogP contribution in [0.2, 0.25) is 0 Å². The summed E-state index contributed by atoms with van der Waals surface area (Å²) in [5.74, 6) is 0.690. The van der Waals surface area contributed by atoms with Gasteiger partial charge in [0, 0.05) is 5.56 Å². The first kappa shape index (κ1) is 18.5. The number of urea groups is 1. The molecule has 9 nitrogen and oxygen atoms in total. The number of rotatable bonds is 5. The minimum absolute atomic E-state index is 0.124. The van der Waals surface area contributed by atoms with Gasteiger partial charge >= 0.3 is 6.03 Å². The van der Waals surface area contributed by atoms with Crippen LogP contribution >= 0.6 is 0 Å². The van der Waals surface area contributed by atoms with Crippen LogP contribution in [0.15, 0.2) is 18.2 Å². The van der Waals surface area contributed by atoms with E-state index in [9.17, 15) is 14.4 Å². The summed E-state index contributed by atoms with van der Waals surface area (Å²) in [5, 5.41) is 3.63. The number of ether oxygens (including phenoxy) is 2. The highest BCUT2D eigenvalue weighted by Crippen LogP contribution is 2.33. The van der Waals surface area contributed by atoms with Gasteiger partial charge in [0.05, 0.1) is 7.05 Å². The summed E-state index contributed by atoms with van der Waals surface area (Å²) in [6.45, 7) is 0.934. The fourth-order valence-corrected chi connectivity index (χ4v) is 4.12. The molecular formula is C19H25N4O5+. The third kappa shape index (κ3) is 3.49. The van der Waals surface area contributed by atoms with Crippen molar-refractivity contribution in [3.63, 3.8) is 0 Å². The van der Waals surface area contributed by atoms with Crippen molar-refractivity contribution in [2.24, 2.45) is 0 Å². The van der Waals surface area contributed by atoms with Crippen molar-refractivity contribution in [2.75, 3.05) is 20.4 Å². The highest BCUT2D eigenvalue weighted by molar-refractivity contribution is 6.08. The van der Waals surface area contributed by atoms with Crippen molar-refractivity contribution >= 4 is 17.8 Å². The van der Waals surface area contributed by atoms with Crippen LogP contribution in [0.3, 0.4) is 0 Å². The predicted octanol–water partition coefficient (Wildman–Crippen LogP) is -0.284. The van der Waals surface area contributed by atoms with Gasteiger partial charge in [-0.2, -0.15) is 5.01 Å². The lowest BCUT2D eigenvalue weighted by Crippen LogP contribution is -3.09. The van der Waals surface area contributed by atoms with E-state index in [0.29, 0.717) is 30.9 Å². The van der Waals surface area contributed by atoms with Crippen LogP contribution in [-0.4, -0.2) is 48.8 Å². The van der Waals surface area contributed by atoms with Gasteiger partial charge < -0.3 is 19.7 Å². The molecular weight excluding hydrogens is 364 g/mol. The van der Waals surface area contributed by atoms with Crippen LogP contribution < -0.4 is 25.1 Å². The maximum absolute atomic E-state index is 12.7. The highest BCUT2D eigenvalue weighted by atomic mass is 16.7. The van der Waals surface area contributed by atoms with E-state index < -0.39 is 11.6 Å². The number of hydrogen-bond acceptors (Lipinski definition) is 5. The van der Waals surface area contributed by atoms with Crippen LogP contribution in [0.1, 0.15) is 37.7 Å². The smallest absolute Gasteiger partial charge is 0.344 e. The van der Waals surface area contributed by atoms with Gasteiger partial charge in [-0.25, -0.2) is 4.79 Å². The summed E-state index contributed by atoms with van der Waals surface area (Å²) in [6, 6.07) is 5.13. The molecule has 3 aliphatic rings. The van der Waals surface area contributed by atoms with E-state index in [-0.39, 0.29) is 25.2 Å². The standard InChI is InChI=1S/C19H24N4O5/c1-22(10-13-5-6-14-15(9-13)28-12-27-14)11-16(24)21-23-17(25)19(20-18(23)26)7-3-2-4-8-19/h5-6,9H,2-4,7-8,10-12H2,1H3,(H,20,26)(H,21,24)/p+1. The van der Waals surface area contributed by atoms with Gasteiger partial charge in [-0.1, -0.05) is 19.3 Å². The molecule has 0 bridgehead atoms. The van der Waals surface area contributed by atoms with E-state index in [2.05, 4.69) is 10.7 Å². The molecule has 4 rings (SSSR count). The predicted molar refractivity (Wildman–Crippen MR) is 97.4 cm³/mol. The zero-order valence-corrected chi connectivity index (χ0v) is 15.9. The Morgan fingerprint density at radius 2 is 1.96 bits per heavy atom. The Morgan fingerprint density at radius 1 is 1.21 bits per heavy atom. The first-order valence-corrected chi connectivity index (χ1v) is 9.63. The Kier molecular flexibility index (Phi) is 4.84. The van der Waals surface area contributed by atoms with Crippen molar-refractivity contribution in [2.45, 2.75) is 44.2 Å². The molecule has 1 aromatic carbocycles. The molecule has 28 heavy (non-hydrogen) atoms. The summed E-state index contributed by atoms with van der Waals surface area (Å²) in [7, 11) is 1.87. The van der Waals surface area contributed by atoms with Gasteiger partial charge in [0.25, 0.3) is 11.8 Å². The Bertz CT molecular complexity index is 806. The molecule has 1 saturated carbocycles. The van der Waals surface area contributed by atoms with Crippen molar-refractivity contribution in [1.82, 2.24) is 15.8 Å². The number of likely N-dealkylation sites (N-methyl/N-ethyl adjacent to an activating group) is 1. The molecule has 1 aliphatic carbocycles. The maximum atomic E-state index is 12.7. The molecule has 2 aliphatic heterocycles. The topological polar surface area (TPSA) is 101 Å². The number of carbonyl (C=O) groups excluding carboxylic acids is 3. The van der Waals surface area contributed by atoms with Crippen LogP contribution in [0.5, 0.6) is 11.5 Å². The molecule has 1 spiro atoms. The van der Waals surface area contributed by atoms with Gasteiger partial charge in [0.15, 0.2) is 18.0 Å². The van der Waals surface area contributed by atoms with Gasteiger partial charge in [-0.15, -0.1) is 0 Å². The number of nitrogens with zero attached hydrogens (tertiary/aromatic N) is 1. The molecule has 1 atom stereocenters. The SMILES string of the molecule is C[NH+](CC(=O)NN1C(=O)NC2(CCCCC2)C1=O)Cc1ccc2c(c1)OCO2. The molecule has 1 unspecified atom stereocenters. The van der Waals surface area contributed by atoms with E-state index >= 15 is 0 Å². The average Bonchev–Trinajstić information content (AvgIpc) is 3.21. The number of nitrogens with one attached hydrogen (secondary N) is 3. The molecule has 4 amide bonds. The van der Waals surface area contributed by atoms with Crippen LogP contribution in [0.25, 0.3) is 0 Å². The molecule has 150 valence electrons. The second-order valence-electron chi connectivity index (χ2n) is 7.75. The number of amides is 4. The molecule has 0 aromatic heterocycles. The van der Waals surface area contributed by atoms with Crippen LogP contribution in [-0.2, 0) is 16.1 Å². The Balaban J connectivity index is 1.32. The second-order valence-corrected chi connectivity index (χ2v) is 7.75. The molecule has 9 heteroatoms. The van der Waals surface area contributed by atoms with Crippen molar-refractivity contribution in [3.8, 4) is 11.5 Å². The fraction of sp³-hybridized carbons (Fsp3) is 0.526. The van der Waals surface area contributed by atoms with E-state index in [0.717, 1.165) is 34.7 Å². The maximum Gasteiger partial charge on any atom is 0.344 e. The lowest BCUT2D eigenvalue weighted by atomic mass is 9.82. The van der Waals surface area contributed by atoms with E-state index in [1.165, 1.54) is 0 Å². The third-order valence-corrected chi connectivity index (χ3v) is 5.51. The number of imide groups is 1. The number of carbonyl (C=O) groups is 3. The van der Waals surface area contributed by atoms with Gasteiger partial charge in [0.1, 0.15) is 12.1 Å². The lowest BCUT2D eigenvalue weighted by Gasteiger charge is -2.30. The van der Waals surface area contributed by atoms with Crippen molar-refractivity contribution in [3.05, 3.63) is 23.8 Å². The Hall–Kier alpha value is -2.81. The summed E-state index contributed by atoms with van der Waals surface area (Å²) >= 11 is 0. The molecule has 3 N–H and O–H groups in total. The lowest BCUT2D eigenvalue weighted by molar-refractivity contribution is -0.885. The zero-order valence-electron chi connectivity index (χ0n) is 15.9. The van der Waals surface area contributed by atoms with Crippen molar-refractivity contribution in [1.29, 1.82) is 0 Å². The molecule has 2 heterocycles. The number of hydrazine groups is 1. The highest BCUT2D eigenvalue weighted by Gasteiger charge is 2.52. The first-order chi connectivity index (χ1) is 13.5. The monoisotopic (exact) mass is 389 g/mol. The first-order valence-electron chi connectivity index (χ1n) is 9.63. The number of hydrogen-bond donors (Lipinski definition) is 3. The third-order valence-electron chi connectivity index (χ3n) is 5.51. The average molecular weight is 389 g/mol. The molecule has 2 fully saturated rings. The van der Waals surface area contributed by atoms with Gasteiger partial charge in [-0.05, 0) is 31.0 Å². The van der Waals surface area contributed by atoms with Crippen LogP contribution in [0, 0.1) is 0 Å². The molecule has 0 radical (unpaired) electrons.